The fraction of sp³-hybridized carbons (Fsp3) is 0.400. The molecule has 1 aromatic carbocycles. The largest absolute Gasteiger partial charge is 0.309 e. The van der Waals surface area contributed by atoms with Gasteiger partial charge in [-0.2, -0.15) is 0 Å². The standard InChI is InChI=1S/C15H16BrClN2S/c1-2-13-14(8-18-10-4-5-10)20-15(19-13)9-3-6-12(17)11(16)7-9/h3,6-7,10,18H,2,4-5,8H2,1H3. The number of benzene rings is 1. The molecule has 1 aromatic heterocycles. The maximum atomic E-state index is 6.05. The SMILES string of the molecule is CCc1nc(-c2ccc(Cl)c(Br)c2)sc1CNC1CC1. The van der Waals surface area contributed by atoms with Crippen LogP contribution in [0.3, 0.4) is 0 Å². The molecule has 1 saturated carbocycles. The Balaban J connectivity index is 1.86. The van der Waals surface area contributed by atoms with Gasteiger partial charge in [0.1, 0.15) is 5.01 Å². The molecule has 106 valence electrons. The number of nitrogens with zero attached hydrogens (tertiary/aromatic N) is 1. The van der Waals surface area contributed by atoms with Crippen molar-refractivity contribution in [1.82, 2.24) is 10.3 Å². The van der Waals surface area contributed by atoms with Crippen molar-refractivity contribution < 1.29 is 0 Å². The number of hydrogen-bond donors (Lipinski definition) is 1. The summed E-state index contributed by atoms with van der Waals surface area (Å²) in [6, 6.07) is 6.72. The molecule has 0 saturated heterocycles. The van der Waals surface area contributed by atoms with Gasteiger partial charge in [0.25, 0.3) is 0 Å². The minimum absolute atomic E-state index is 0.731. The average molecular weight is 372 g/mol. The van der Waals surface area contributed by atoms with Gasteiger partial charge in [-0.15, -0.1) is 11.3 Å². The van der Waals surface area contributed by atoms with Crippen molar-refractivity contribution in [3.63, 3.8) is 0 Å². The molecule has 0 aliphatic heterocycles. The maximum absolute atomic E-state index is 6.05. The lowest BCUT2D eigenvalue weighted by molar-refractivity contribution is 0.689. The predicted octanol–water partition coefficient (Wildman–Crippen LogP) is 5.04. The van der Waals surface area contributed by atoms with E-state index in [0.29, 0.717) is 0 Å². The smallest absolute Gasteiger partial charge is 0.123 e. The van der Waals surface area contributed by atoms with Gasteiger partial charge in [0.2, 0.25) is 0 Å². The molecule has 0 bridgehead atoms. The number of rotatable bonds is 5. The van der Waals surface area contributed by atoms with Gasteiger partial charge in [-0.05, 0) is 47.3 Å². The van der Waals surface area contributed by atoms with Crippen molar-refractivity contribution in [2.75, 3.05) is 0 Å². The molecular formula is C15H16BrClN2S. The summed E-state index contributed by atoms with van der Waals surface area (Å²) in [6.07, 6.45) is 3.61. The zero-order chi connectivity index (χ0) is 14.1. The van der Waals surface area contributed by atoms with Crippen LogP contribution in [0.5, 0.6) is 0 Å². The van der Waals surface area contributed by atoms with Gasteiger partial charge >= 0.3 is 0 Å². The van der Waals surface area contributed by atoms with E-state index < -0.39 is 0 Å². The Morgan fingerprint density at radius 3 is 2.90 bits per heavy atom. The highest BCUT2D eigenvalue weighted by Crippen LogP contribution is 2.33. The molecule has 1 aliphatic rings. The van der Waals surface area contributed by atoms with Crippen LogP contribution < -0.4 is 5.32 Å². The Labute approximate surface area is 136 Å². The quantitative estimate of drug-likeness (QED) is 0.796. The molecule has 2 aromatic rings. The molecule has 0 radical (unpaired) electrons. The predicted molar refractivity (Wildman–Crippen MR) is 89.5 cm³/mol. The first-order chi connectivity index (χ1) is 9.67. The van der Waals surface area contributed by atoms with E-state index in [1.807, 2.05) is 18.2 Å². The third-order valence-corrected chi connectivity index (χ3v) is 5.77. The number of aryl methyl sites for hydroxylation is 1. The lowest BCUT2D eigenvalue weighted by Gasteiger charge is -2.00. The van der Waals surface area contributed by atoms with Gasteiger partial charge in [-0.1, -0.05) is 24.6 Å². The highest BCUT2D eigenvalue weighted by atomic mass is 79.9. The van der Waals surface area contributed by atoms with Gasteiger partial charge in [-0.3, -0.25) is 0 Å². The lowest BCUT2D eigenvalue weighted by atomic mass is 10.2. The lowest BCUT2D eigenvalue weighted by Crippen LogP contribution is -2.15. The van der Waals surface area contributed by atoms with Crippen LogP contribution in [0.2, 0.25) is 5.02 Å². The molecular weight excluding hydrogens is 356 g/mol. The molecule has 3 rings (SSSR count). The van der Waals surface area contributed by atoms with Crippen molar-refractivity contribution in [3.8, 4) is 10.6 Å². The Morgan fingerprint density at radius 2 is 2.25 bits per heavy atom. The Morgan fingerprint density at radius 1 is 1.45 bits per heavy atom. The molecule has 0 amide bonds. The van der Waals surface area contributed by atoms with Crippen molar-refractivity contribution in [2.45, 2.75) is 38.8 Å². The van der Waals surface area contributed by atoms with E-state index in [9.17, 15) is 0 Å². The van der Waals surface area contributed by atoms with Crippen LogP contribution in [0.25, 0.3) is 10.6 Å². The van der Waals surface area contributed by atoms with Crippen molar-refractivity contribution in [2.24, 2.45) is 0 Å². The van der Waals surface area contributed by atoms with Gasteiger partial charge < -0.3 is 5.32 Å². The van der Waals surface area contributed by atoms with Crippen LogP contribution in [0.15, 0.2) is 22.7 Å². The maximum Gasteiger partial charge on any atom is 0.123 e. The molecule has 2 nitrogen and oxygen atoms in total. The minimum Gasteiger partial charge on any atom is -0.309 e. The van der Waals surface area contributed by atoms with Gasteiger partial charge in [0.15, 0.2) is 0 Å². The number of halogens is 2. The van der Waals surface area contributed by atoms with E-state index in [-0.39, 0.29) is 0 Å². The van der Waals surface area contributed by atoms with E-state index in [1.165, 1.54) is 23.4 Å². The molecule has 1 heterocycles. The van der Waals surface area contributed by atoms with Crippen molar-refractivity contribution >= 4 is 38.9 Å². The molecule has 0 atom stereocenters. The van der Waals surface area contributed by atoms with E-state index in [4.69, 9.17) is 16.6 Å². The number of hydrogen-bond acceptors (Lipinski definition) is 3. The summed E-state index contributed by atoms with van der Waals surface area (Å²) in [5, 5.41) is 5.38. The van der Waals surface area contributed by atoms with Gasteiger partial charge in [0.05, 0.1) is 10.7 Å². The summed E-state index contributed by atoms with van der Waals surface area (Å²) in [6.45, 7) is 3.11. The first kappa shape index (κ1) is 14.5. The first-order valence-electron chi connectivity index (χ1n) is 6.84. The summed E-state index contributed by atoms with van der Waals surface area (Å²) in [7, 11) is 0. The molecule has 1 aliphatic carbocycles. The van der Waals surface area contributed by atoms with Crippen molar-refractivity contribution in [3.05, 3.63) is 38.3 Å². The zero-order valence-electron chi connectivity index (χ0n) is 11.2. The van der Waals surface area contributed by atoms with E-state index in [0.717, 1.165) is 39.1 Å². The molecule has 1 fully saturated rings. The summed E-state index contributed by atoms with van der Waals surface area (Å²) in [5.41, 5.74) is 2.34. The number of nitrogens with one attached hydrogen (secondary N) is 1. The third kappa shape index (κ3) is 3.25. The second-order valence-corrected chi connectivity index (χ2v) is 7.37. The Kier molecular flexibility index (Phi) is 4.46. The molecule has 20 heavy (non-hydrogen) atoms. The molecule has 1 N–H and O–H groups in total. The first-order valence-corrected chi connectivity index (χ1v) is 8.83. The fourth-order valence-corrected chi connectivity index (χ4v) is 3.67. The van der Waals surface area contributed by atoms with Crippen LogP contribution in [0.4, 0.5) is 0 Å². The topological polar surface area (TPSA) is 24.9 Å². The fourth-order valence-electron chi connectivity index (χ4n) is 2.07. The molecule has 0 unspecified atom stereocenters. The normalized spacial score (nSPS) is 14.8. The molecule has 0 spiro atoms. The van der Waals surface area contributed by atoms with Gasteiger partial charge in [-0.25, -0.2) is 4.98 Å². The number of thiazole rings is 1. The summed E-state index contributed by atoms with van der Waals surface area (Å²) in [5.74, 6) is 0. The third-order valence-electron chi connectivity index (χ3n) is 3.41. The summed E-state index contributed by atoms with van der Waals surface area (Å²) >= 11 is 11.3. The highest BCUT2D eigenvalue weighted by molar-refractivity contribution is 9.10. The monoisotopic (exact) mass is 370 g/mol. The minimum atomic E-state index is 0.731. The molecule has 5 heteroatoms. The van der Waals surface area contributed by atoms with Crippen LogP contribution >= 0.6 is 38.9 Å². The second kappa shape index (κ2) is 6.14. The van der Waals surface area contributed by atoms with Gasteiger partial charge in [0, 0.05) is 27.5 Å². The average Bonchev–Trinajstić information content (AvgIpc) is 3.18. The zero-order valence-corrected chi connectivity index (χ0v) is 14.4. The summed E-state index contributed by atoms with van der Waals surface area (Å²) in [4.78, 5) is 6.14. The second-order valence-electron chi connectivity index (χ2n) is 5.03. The summed E-state index contributed by atoms with van der Waals surface area (Å²) < 4.78 is 0.919. The van der Waals surface area contributed by atoms with E-state index in [2.05, 4.69) is 28.2 Å². The Bertz CT molecular complexity index is 622. The van der Waals surface area contributed by atoms with Crippen LogP contribution in [0, 0.1) is 0 Å². The van der Waals surface area contributed by atoms with Crippen LogP contribution in [0.1, 0.15) is 30.3 Å². The van der Waals surface area contributed by atoms with Crippen molar-refractivity contribution in [1.29, 1.82) is 0 Å². The van der Waals surface area contributed by atoms with E-state index >= 15 is 0 Å². The van der Waals surface area contributed by atoms with Crippen LogP contribution in [-0.2, 0) is 13.0 Å². The van der Waals surface area contributed by atoms with E-state index in [1.54, 1.807) is 11.3 Å². The highest BCUT2D eigenvalue weighted by Gasteiger charge is 2.21. The van der Waals surface area contributed by atoms with Crippen LogP contribution in [-0.4, -0.2) is 11.0 Å². The number of aromatic nitrogens is 1. The Hall–Kier alpha value is -0.420.